The summed E-state index contributed by atoms with van der Waals surface area (Å²) in [6.45, 7) is 0.876. The summed E-state index contributed by atoms with van der Waals surface area (Å²) < 4.78 is 0.671. The summed E-state index contributed by atoms with van der Waals surface area (Å²) in [5.74, 6) is -1.45. The van der Waals surface area contributed by atoms with Crippen molar-refractivity contribution in [2.24, 2.45) is 5.92 Å². The first-order valence-corrected chi connectivity index (χ1v) is 6.85. The lowest BCUT2D eigenvalue weighted by molar-refractivity contribution is -0.143. The minimum Gasteiger partial charge on any atom is -0.481 e. The number of aliphatic carboxylic acids is 1. The van der Waals surface area contributed by atoms with Gasteiger partial charge in [0.05, 0.1) is 5.92 Å². The molecule has 3 N–H and O–H groups in total. The van der Waals surface area contributed by atoms with Crippen molar-refractivity contribution in [1.29, 1.82) is 0 Å². The van der Waals surface area contributed by atoms with Crippen LogP contribution in [-0.2, 0) is 4.79 Å². The lowest BCUT2D eigenvalue weighted by atomic mass is 9.97. The Kier molecular flexibility index (Phi) is 4.09. The Morgan fingerprint density at radius 3 is 2.79 bits per heavy atom. The molecule has 0 aliphatic carbocycles. The van der Waals surface area contributed by atoms with E-state index < -0.39 is 11.9 Å². The molecular weight excluding hydrogens is 312 g/mol. The minimum absolute atomic E-state index is 0.147. The number of carboxylic acids is 1. The first-order chi connectivity index (χ1) is 8.99. The third kappa shape index (κ3) is 3.07. The smallest absolute Gasteiger partial charge is 0.308 e. The van der Waals surface area contributed by atoms with E-state index in [9.17, 15) is 9.59 Å². The van der Waals surface area contributed by atoms with E-state index in [1.807, 2.05) is 0 Å². The molecule has 0 aromatic heterocycles. The Labute approximate surface area is 119 Å². The summed E-state index contributed by atoms with van der Waals surface area (Å²) in [6, 6.07) is 4.99. The fourth-order valence-corrected chi connectivity index (χ4v) is 2.58. The van der Waals surface area contributed by atoms with E-state index in [1.165, 1.54) is 0 Å². The maximum absolute atomic E-state index is 12.3. The molecule has 0 spiro atoms. The van der Waals surface area contributed by atoms with Crippen LogP contribution in [0, 0.1) is 5.92 Å². The number of benzene rings is 1. The summed E-state index contributed by atoms with van der Waals surface area (Å²) >= 11 is 3.28. The molecule has 1 heterocycles. The van der Waals surface area contributed by atoms with Gasteiger partial charge < -0.3 is 15.7 Å². The Morgan fingerprint density at radius 1 is 1.42 bits per heavy atom. The van der Waals surface area contributed by atoms with Crippen molar-refractivity contribution in [1.82, 2.24) is 4.90 Å². The van der Waals surface area contributed by atoms with Gasteiger partial charge in [0.15, 0.2) is 0 Å². The van der Waals surface area contributed by atoms with Crippen LogP contribution in [0.15, 0.2) is 22.7 Å². The molecule has 1 amide bonds. The second kappa shape index (κ2) is 5.61. The van der Waals surface area contributed by atoms with Gasteiger partial charge >= 0.3 is 5.97 Å². The lowest BCUT2D eigenvalue weighted by Crippen LogP contribution is -2.42. The molecule has 1 aromatic carbocycles. The number of amides is 1. The number of nitrogens with two attached hydrogens (primary N) is 1. The minimum atomic E-state index is -0.837. The van der Waals surface area contributed by atoms with Gasteiger partial charge in [0.25, 0.3) is 5.91 Å². The predicted octanol–water partition coefficient (Wildman–Crippen LogP) is 1.97. The Bertz CT molecular complexity index is 519. The van der Waals surface area contributed by atoms with Crippen LogP contribution in [0.2, 0.25) is 0 Å². The number of likely N-dealkylation sites (tertiary alicyclic amines) is 1. The first kappa shape index (κ1) is 13.9. The normalized spacial score (nSPS) is 19.2. The molecule has 0 radical (unpaired) electrons. The van der Waals surface area contributed by atoms with E-state index in [1.54, 1.807) is 23.1 Å². The quantitative estimate of drug-likeness (QED) is 0.814. The van der Waals surface area contributed by atoms with E-state index in [0.717, 1.165) is 6.42 Å². The number of piperidine rings is 1. The number of hydrogen-bond acceptors (Lipinski definition) is 3. The molecular formula is C13H15BrN2O3. The van der Waals surface area contributed by atoms with Gasteiger partial charge in [0, 0.05) is 28.8 Å². The molecule has 102 valence electrons. The van der Waals surface area contributed by atoms with Crippen LogP contribution < -0.4 is 5.73 Å². The van der Waals surface area contributed by atoms with Crippen molar-refractivity contribution in [2.75, 3.05) is 18.8 Å². The zero-order valence-corrected chi connectivity index (χ0v) is 11.9. The Morgan fingerprint density at radius 2 is 2.16 bits per heavy atom. The van der Waals surface area contributed by atoms with Crippen LogP contribution in [-0.4, -0.2) is 35.0 Å². The molecule has 0 unspecified atom stereocenters. The van der Waals surface area contributed by atoms with Gasteiger partial charge in [-0.3, -0.25) is 9.59 Å². The topological polar surface area (TPSA) is 83.6 Å². The predicted molar refractivity (Wildman–Crippen MR) is 74.8 cm³/mol. The molecule has 19 heavy (non-hydrogen) atoms. The zero-order valence-electron chi connectivity index (χ0n) is 10.3. The van der Waals surface area contributed by atoms with Crippen LogP contribution in [0.5, 0.6) is 0 Å². The molecule has 6 heteroatoms. The second-order valence-electron chi connectivity index (χ2n) is 4.66. The van der Waals surface area contributed by atoms with E-state index in [0.29, 0.717) is 28.7 Å². The number of nitrogen functional groups attached to an aromatic ring is 1. The van der Waals surface area contributed by atoms with E-state index in [2.05, 4.69) is 15.9 Å². The molecule has 0 saturated carbocycles. The molecule has 1 fully saturated rings. The zero-order chi connectivity index (χ0) is 14.0. The molecule has 1 aliphatic rings. The number of anilines is 1. The van der Waals surface area contributed by atoms with Crippen molar-refractivity contribution in [3.63, 3.8) is 0 Å². The summed E-state index contributed by atoms with van der Waals surface area (Å²) in [4.78, 5) is 24.9. The number of carboxylic acid groups (broad SMARTS) is 1. The fourth-order valence-electron chi connectivity index (χ4n) is 2.21. The Balaban J connectivity index is 2.14. The van der Waals surface area contributed by atoms with Gasteiger partial charge in [-0.1, -0.05) is 0 Å². The van der Waals surface area contributed by atoms with Crippen molar-refractivity contribution >= 4 is 33.5 Å². The standard InChI is InChI=1S/C13H15BrN2O3/c14-10-6-8(3-4-11(10)15)12(17)16-5-1-2-9(7-16)13(18)19/h3-4,6,9H,1-2,5,7,15H2,(H,18,19)/t9-/m1/s1. The lowest BCUT2D eigenvalue weighted by Gasteiger charge is -2.30. The summed E-state index contributed by atoms with van der Waals surface area (Å²) in [7, 11) is 0. The average Bonchev–Trinajstić information content (AvgIpc) is 2.41. The monoisotopic (exact) mass is 326 g/mol. The largest absolute Gasteiger partial charge is 0.481 e. The highest BCUT2D eigenvalue weighted by Gasteiger charge is 2.28. The third-order valence-electron chi connectivity index (χ3n) is 3.31. The molecule has 1 atom stereocenters. The molecule has 1 aromatic rings. The highest BCUT2D eigenvalue weighted by molar-refractivity contribution is 9.10. The third-order valence-corrected chi connectivity index (χ3v) is 3.99. The van der Waals surface area contributed by atoms with Gasteiger partial charge in [-0.25, -0.2) is 0 Å². The van der Waals surface area contributed by atoms with Gasteiger partial charge in [-0.05, 0) is 47.0 Å². The summed E-state index contributed by atoms with van der Waals surface area (Å²) in [6.07, 6.45) is 1.35. The van der Waals surface area contributed by atoms with Crippen molar-refractivity contribution in [3.8, 4) is 0 Å². The summed E-state index contributed by atoms with van der Waals surface area (Å²) in [5, 5.41) is 9.03. The molecule has 2 rings (SSSR count). The number of carbonyl (C=O) groups is 2. The fraction of sp³-hybridized carbons (Fsp3) is 0.385. The number of hydrogen-bond donors (Lipinski definition) is 2. The molecule has 5 nitrogen and oxygen atoms in total. The maximum Gasteiger partial charge on any atom is 0.308 e. The van der Waals surface area contributed by atoms with Crippen LogP contribution in [0.4, 0.5) is 5.69 Å². The van der Waals surface area contributed by atoms with E-state index >= 15 is 0 Å². The molecule has 1 aliphatic heterocycles. The summed E-state index contributed by atoms with van der Waals surface area (Å²) in [5.41, 5.74) is 6.77. The van der Waals surface area contributed by atoms with Gasteiger partial charge in [-0.15, -0.1) is 0 Å². The van der Waals surface area contributed by atoms with Crippen LogP contribution in [0.1, 0.15) is 23.2 Å². The van der Waals surface area contributed by atoms with Gasteiger partial charge in [0.2, 0.25) is 0 Å². The van der Waals surface area contributed by atoms with Gasteiger partial charge in [0.1, 0.15) is 0 Å². The Hall–Kier alpha value is -1.56. The van der Waals surface area contributed by atoms with Crippen molar-refractivity contribution in [2.45, 2.75) is 12.8 Å². The van der Waals surface area contributed by atoms with Gasteiger partial charge in [-0.2, -0.15) is 0 Å². The SMILES string of the molecule is Nc1ccc(C(=O)N2CCC[C@@H](C(=O)O)C2)cc1Br. The highest BCUT2D eigenvalue weighted by atomic mass is 79.9. The average molecular weight is 327 g/mol. The van der Waals surface area contributed by atoms with Crippen molar-refractivity contribution in [3.05, 3.63) is 28.2 Å². The second-order valence-corrected chi connectivity index (χ2v) is 5.52. The highest BCUT2D eigenvalue weighted by Crippen LogP contribution is 2.23. The van der Waals surface area contributed by atoms with Crippen molar-refractivity contribution < 1.29 is 14.7 Å². The van der Waals surface area contributed by atoms with E-state index in [4.69, 9.17) is 10.8 Å². The first-order valence-electron chi connectivity index (χ1n) is 6.06. The molecule has 1 saturated heterocycles. The molecule has 0 bridgehead atoms. The number of halogens is 1. The number of carbonyl (C=O) groups excluding carboxylic acids is 1. The van der Waals surface area contributed by atoms with Crippen LogP contribution in [0.3, 0.4) is 0 Å². The van der Waals surface area contributed by atoms with Crippen LogP contribution >= 0.6 is 15.9 Å². The number of nitrogens with zero attached hydrogens (tertiary/aromatic N) is 1. The van der Waals surface area contributed by atoms with Crippen LogP contribution in [0.25, 0.3) is 0 Å². The number of rotatable bonds is 2. The maximum atomic E-state index is 12.3. The van der Waals surface area contributed by atoms with E-state index in [-0.39, 0.29) is 12.5 Å².